The van der Waals surface area contributed by atoms with Gasteiger partial charge in [0.15, 0.2) is 0 Å². The van der Waals surface area contributed by atoms with Crippen molar-refractivity contribution in [3.05, 3.63) is 188 Å². The van der Waals surface area contributed by atoms with Gasteiger partial charge in [0.1, 0.15) is 0 Å². The predicted molar refractivity (Wildman–Crippen MR) is 219 cm³/mol. The Morgan fingerprint density at radius 3 is 2.12 bits per heavy atom. The van der Waals surface area contributed by atoms with Gasteiger partial charge >= 0.3 is 0 Å². The molecule has 242 valence electrons. The Labute approximate surface area is 301 Å². The van der Waals surface area contributed by atoms with Gasteiger partial charge in [-0.2, -0.15) is 0 Å². The zero-order chi connectivity index (χ0) is 33.9. The van der Waals surface area contributed by atoms with Crippen molar-refractivity contribution in [2.75, 3.05) is 4.90 Å². The first-order chi connectivity index (χ1) is 25.8. The summed E-state index contributed by atoms with van der Waals surface area (Å²) in [4.78, 5) is 2.53. The zero-order valence-corrected chi connectivity index (χ0v) is 28.4. The quantitative estimate of drug-likeness (QED) is 0.183. The monoisotopic (exact) mass is 660 g/mol. The van der Waals surface area contributed by atoms with E-state index in [1.807, 2.05) is 0 Å². The van der Waals surface area contributed by atoms with Crippen LogP contribution in [-0.2, 0) is 0 Å². The smallest absolute Gasteiger partial charge is 0.0629 e. The molecule has 2 heterocycles. The predicted octanol–water partition coefficient (Wildman–Crippen LogP) is 13.1. The molecule has 2 aliphatic carbocycles. The molecule has 0 N–H and O–H groups in total. The zero-order valence-electron chi connectivity index (χ0n) is 28.4. The highest BCUT2D eigenvalue weighted by Gasteiger charge is 2.37. The maximum atomic E-state index is 2.53. The van der Waals surface area contributed by atoms with Crippen LogP contribution in [0.4, 0.5) is 11.4 Å². The molecule has 0 spiro atoms. The normalized spacial score (nSPS) is 16.7. The van der Waals surface area contributed by atoms with Gasteiger partial charge in [-0.1, -0.05) is 127 Å². The molecule has 0 amide bonds. The van der Waals surface area contributed by atoms with Crippen LogP contribution in [0.3, 0.4) is 0 Å². The maximum Gasteiger partial charge on any atom is 0.0629 e. The van der Waals surface area contributed by atoms with E-state index in [2.05, 4.69) is 191 Å². The second-order valence-electron chi connectivity index (χ2n) is 14.5. The molecule has 2 atom stereocenters. The summed E-state index contributed by atoms with van der Waals surface area (Å²) in [6.45, 7) is 0. The molecule has 9 aromatic rings. The average molecular weight is 661 g/mol. The van der Waals surface area contributed by atoms with Crippen LogP contribution in [0.25, 0.3) is 82.4 Å². The molecule has 2 nitrogen and oxygen atoms in total. The van der Waals surface area contributed by atoms with Gasteiger partial charge in [0, 0.05) is 33.8 Å². The Morgan fingerprint density at radius 2 is 1.15 bits per heavy atom. The Hall–Kier alpha value is -6.64. The standard InChI is InChI=1S/C50H32N2/c1-2-12-39-38(11-1)44-16-9-10-34-27-35(29-45(39)50(34)44)32-20-21-33-28-36(23-22-31(33)26-32)52-48-19-8-5-15-42(48)43-25-24-37(30-49(43)52)51-46-17-6-3-13-40(46)41-14-4-7-18-47(41)51/h1-30,40,46H. The van der Waals surface area contributed by atoms with Crippen LogP contribution >= 0.6 is 0 Å². The SMILES string of the molecule is C1=CC2c3ccccc3N(c3ccc4c5ccccc5n(-c5ccc6cc(-c7cc8c9c(cccc9c7)-c7ccccc7-8)ccc6c5)c4c3)C2C=C1. The first kappa shape index (κ1) is 28.1. The van der Waals surface area contributed by atoms with Crippen molar-refractivity contribution >= 4 is 54.7 Å². The number of hydrogen-bond donors (Lipinski definition) is 0. The average Bonchev–Trinajstić information content (AvgIpc) is 3.84. The second kappa shape index (κ2) is 10.4. The van der Waals surface area contributed by atoms with Crippen molar-refractivity contribution in [2.24, 2.45) is 0 Å². The summed E-state index contributed by atoms with van der Waals surface area (Å²) < 4.78 is 2.46. The van der Waals surface area contributed by atoms with Crippen LogP contribution < -0.4 is 4.90 Å². The maximum absolute atomic E-state index is 2.53. The molecule has 2 heteroatoms. The molecule has 8 aromatic carbocycles. The van der Waals surface area contributed by atoms with Crippen LogP contribution in [-0.4, -0.2) is 10.6 Å². The lowest BCUT2D eigenvalue weighted by Crippen LogP contribution is -2.28. The Morgan fingerprint density at radius 1 is 0.423 bits per heavy atom. The van der Waals surface area contributed by atoms with Crippen molar-refractivity contribution in [1.82, 2.24) is 4.57 Å². The van der Waals surface area contributed by atoms with E-state index in [9.17, 15) is 0 Å². The van der Waals surface area contributed by atoms with E-state index >= 15 is 0 Å². The molecule has 1 aromatic heterocycles. The molecule has 52 heavy (non-hydrogen) atoms. The van der Waals surface area contributed by atoms with Gasteiger partial charge in [0.2, 0.25) is 0 Å². The summed E-state index contributed by atoms with van der Waals surface area (Å²) in [5.74, 6) is 0.356. The van der Waals surface area contributed by atoms with E-state index in [-0.39, 0.29) is 6.04 Å². The summed E-state index contributed by atoms with van der Waals surface area (Å²) in [5, 5.41) is 7.68. The first-order valence-corrected chi connectivity index (χ1v) is 18.3. The second-order valence-corrected chi connectivity index (χ2v) is 14.5. The number of para-hydroxylation sites is 2. The molecule has 0 bridgehead atoms. The molecule has 1 aliphatic heterocycles. The molecular formula is C50H32N2. The lowest BCUT2D eigenvalue weighted by Gasteiger charge is -2.29. The number of aromatic nitrogens is 1. The van der Waals surface area contributed by atoms with E-state index in [0.717, 1.165) is 0 Å². The minimum atomic E-state index is 0.265. The summed E-state index contributed by atoms with van der Waals surface area (Å²) in [7, 11) is 0. The van der Waals surface area contributed by atoms with Crippen molar-refractivity contribution in [3.63, 3.8) is 0 Å². The third-order valence-electron chi connectivity index (χ3n) is 11.8. The number of benzene rings is 8. The van der Waals surface area contributed by atoms with Crippen LogP contribution in [0.15, 0.2) is 182 Å². The lowest BCUT2D eigenvalue weighted by molar-refractivity contribution is 0.745. The van der Waals surface area contributed by atoms with E-state index in [0.29, 0.717) is 5.92 Å². The first-order valence-electron chi connectivity index (χ1n) is 18.3. The molecule has 2 unspecified atom stereocenters. The summed E-state index contributed by atoms with van der Waals surface area (Å²) in [6, 6.07) is 59.2. The van der Waals surface area contributed by atoms with Gasteiger partial charge in [-0.05, 0) is 115 Å². The molecule has 12 rings (SSSR count). The van der Waals surface area contributed by atoms with Gasteiger partial charge in [-0.15, -0.1) is 0 Å². The van der Waals surface area contributed by atoms with Crippen LogP contribution in [0.5, 0.6) is 0 Å². The van der Waals surface area contributed by atoms with E-state index in [1.165, 1.54) is 99.4 Å². The summed E-state index contributed by atoms with van der Waals surface area (Å²) in [6.07, 6.45) is 9.09. The number of anilines is 2. The van der Waals surface area contributed by atoms with Gasteiger partial charge in [0.25, 0.3) is 0 Å². The fourth-order valence-electron chi connectivity index (χ4n) is 9.51. The number of rotatable bonds is 3. The van der Waals surface area contributed by atoms with Crippen LogP contribution in [0.2, 0.25) is 0 Å². The number of hydrogen-bond acceptors (Lipinski definition) is 1. The topological polar surface area (TPSA) is 8.17 Å². The third-order valence-corrected chi connectivity index (χ3v) is 11.8. The van der Waals surface area contributed by atoms with Gasteiger partial charge in [-0.25, -0.2) is 0 Å². The van der Waals surface area contributed by atoms with Gasteiger partial charge < -0.3 is 9.47 Å². The van der Waals surface area contributed by atoms with Crippen molar-refractivity contribution < 1.29 is 0 Å². The molecule has 3 aliphatic rings. The lowest BCUT2D eigenvalue weighted by atomic mass is 9.91. The van der Waals surface area contributed by atoms with Crippen LogP contribution in [0.1, 0.15) is 11.5 Å². The Bertz CT molecular complexity index is 3050. The van der Waals surface area contributed by atoms with E-state index < -0.39 is 0 Å². The Kier molecular flexibility index (Phi) is 5.64. The summed E-state index contributed by atoms with van der Waals surface area (Å²) in [5.41, 5.74) is 15.4. The molecule has 0 radical (unpaired) electrons. The number of nitrogens with zero attached hydrogens (tertiary/aromatic N) is 2. The van der Waals surface area contributed by atoms with Crippen molar-refractivity contribution in [1.29, 1.82) is 0 Å². The van der Waals surface area contributed by atoms with Crippen molar-refractivity contribution in [2.45, 2.75) is 12.0 Å². The number of fused-ring (bicyclic) bond motifs is 10. The van der Waals surface area contributed by atoms with E-state index in [1.54, 1.807) is 0 Å². The number of allylic oxidation sites excluding steroid dienone is 2. The minimum absolute atomic E-state index is 0.265. The fourth-order valence-corrected chi connectivity index (χ4v) is 9.51. The summed E-state index contributed by atoms with van der Waals surface area (Å²) >= 11 is 0. The molecule has 0 saturated carbocycles. The minimum Gasteiger partial charge on any atom is -0.333 e. The third kappa shape index (κ3) is 3.84. The van der Waals surface area contributed by atoms with E-state index in [4.69, 9.17) is 0 Å². The van der Waals surface area contributed by atoms with Crippen LogP contribution in [0, 0.1) is 0 Å². The van der Waals surface area contributed by atoms with Gasteiger partial charge in [-0.3, -0.25) is 0 Å². The van der Waals surface area contributed by atoms with Crippen molar-refractivity contribution in [3.8, 4) is 39.1 Å². The molecule has 0 fully saturated rings. The highest BCUT2D eigenvalue weighted by molar-refractivity contribution is 6.16. The van der Waals surface area contributed by atoms with Gasteiger partial charge in [0.05, 0.1) is 17.1 Å². The molecule has 0 saturated heterocycles. The largest absolute Gasteiger partial charge is 0.333 e. The highest BCUT2D eigenvalue weighted by Crippen LogP contribution is 2.50. The Balaban J connectivity index is 0.992. The highest BCUT2D eigenvalue weighted by atomic mass is 15.2. The molecular weight excluding hydrogens is 629 g/mol. The fraction of sp³-hybridized carbons (Fsp3) is 0.0400.